The summed E-state index contributed by atoms with van der Waals surface area (Å²) in [5, 5.41) is 7.54. The van der Waals surface area contributed by atoms with Crippen molar-refractivity contribution in [2.24, 2.45) is 0 Å². The van der Waals surface area contributed by atoms with Crippen LogP contribution < -0.4 is 5.32 Å². The lowest BCUT2D eigenvalue weighted by molar-refractivity contribution is 0.0735. The van der Waals surface area contributed by atoms with E-state index in [0.717, 1.165) is 44.0 Å². The van der Waals surface area contributed by atoms with Crippen molar-refractivity contribution in [2.45, 2.75) is 20.4 Å². The summed E-state index contributed by atoms with van der Waals surface area (Å²) < 4.78 is 1.81. The highest BCUT2D eigenvalue weighted by atomic mass is 16.2. The number of carbonyl (C=O) groups is 1. The number of aryl methyl sites for hydroxylation is 2. The molecule has 1 aliphatic rings. The number of aromatic nitrogens is 2. The van der Waals surface area contributed by atoms with Gasteiger partial charge >= 0.3 is 0 Å². The van der Waals surface area contributed by atoms with Crippen molar-refractivity contribution in [2.75, 3.05) is 26.2 Å². The molecule has 0 spiro atoms. The molecule has 0 aliphatic carbocycles. The second-order valence-electron chi connectivity index (χ2n) is 4.03. The molecule has 1 aromatic heterocycles. The molecule has 1 aliphatic heterocycles. The van der Waals surface area contributed by atoms with Crippen LogP contribution in [0.15, 0.2) is 6.20 Å². The quantitative estimate of drug-likeness (QED) is 0.780. The Labute approximate surface area is 95.4 Å². The third-order valence-corrected chi connectivity index (χ3v) is 2.90. The van der Waals surface area contributed by atoms with Crippen LogP contribution in [0, 0.1) is 6.92 Å². The molecule has 0 atom stereocenters. The van der Waals surface area contributed by atoms with Gasteiger partial charge in [-0.3, -0.25) is 9.48 Å². The molecule has 0 bridgehead atoms. The second kappa shape index (κ2) is 4.65. The summed E-state index contributed by atoms with van der Waals surface area (Å²) in [5.74, 6) is 0.110. The fraction of sp³-hybridized carbons (Fsp3) is 0.636. The van der Waals surface area contributed by atoms with E-state index in [0.29, 0.717) is 0 Å². The molecule has 1 fully saturated rings. The highest BCUT2D eigenvalue weighted by Crippen LogP contribution is 2.10. The molecule has 1 aromatic rings. The van der Waals surface area contributed by atoms with Crippen molar-refractivity contribution < 1.29 is 4.79 Å². The highest BCUT2D eigenvalue weighted by molar-refractivity contribution is 5.95. The van der Waals surface area contributed by atoms with Crippen LogP contribution in [0.3, 0.4) is 0 Å². The molecule has 0 aromatic carbocycles. The molecule has 0 saturated carbocycles. The van der Waals surface area contributed by atoms with E-state index in [1.54, 1.807) is 0 Å². The standard InChI is InChI=1S/C11H18N4O/c1-3-15-8-10(9(2)13-15)11(16)14-6-4-12-5-7-14/h8,12H,3-7H2,1-2H3. The van der Waals surface area contributed by atoms with E-state index in [4.69, 9.17) is 0 Å². The smallest absolute Gasteiger partial charge is 0.257 e. The number of hydrogen-bond donors (Lipinski definition) is 1. The van der Waals surface area contributed by atoms with Gasteiger partial charge < -0.3 is 10.2 Å². The fourth-order valence-corrected chi connectivity index (χ4v) is 1.93. The van der Waals surface area contributed by atoms with Crippen molar-refractivity contribution >= 4 is 5.91 Å². The Hall–Kier alpha value is -1.36. The van der Waals surface area contributed by atoms with Gasteiger partial charge in [-0.25, -0.2) is 0 Å². The molecule has 16 heavy (non-hydrogen) atoms. The number of amides is 1. The lowest BCUT2D eigenvalue weighted by Gasteiger charge is -2.27. The Morgan fingerprint density at radius 2 is 2.19 bits per heavy atom. The summed E-state index contributed by atoms with van der Waals surface area (Å²) in [7, 11) is 0. The number of rotatable bonds is 2. The van der Waals surface area contributed by atoms with Crippen molar-refractivity contribution in [1.29, 1.82) is 0 Å². The van der Waals surface area contributed by atoms with E-state index < -0.39 is 0 Å². The normalized spacial score (nSPS) is 16.5. The van der Waals surface area contributed by atoms with Gasteiger partial charge in [0.25, 0.3) is 5.91 Å². The van der Waals surface area contributed by atoms with Crippen LogP contribution in [0.5, 0.6) is 0 Å². The molecule has 1 amide bonds. The van der Waals surface area contributed by atoms with Gasteiger partial charge in [-0.1, -0.05) is 0 Å². The Bertz CT molecular complexity index is 379. The lowest BCUT2D eigenvalue weighted by Crippen LogP contribution is -2.46. The number of carbonyl (C=O) groups excluding carboxylic acids is 1. The van der Waals surface area contributed by atoms with Gasteiger partial charge in [0.2, 0.25) is 0 Å². The molecule has 88 valence electrons. The van der Waals surface area contributed by atoms with Gasteiger partial charge in [0.05, 0.1) is 11.3 Å². The molecule has 0 unspecified atom stereocenters. The first-order valence-corrected chi connectivity index (χ1v) is 5.76. The summed E-state index contributed by atoms with van der Waals surface area (Å²) in [6, 6.07) is 0. The largest absolute Gasteiger partial charge is 0.336 e. The van der Waals surface area contributed by atoms with E-state index in [2.05, 4.69) is 10.4 Å². The van der Waals surface area contributed by atoms with Crippen LogP contribution in [0.4, 0.5) is 0 Å². The van der Waals surface area contributed by atoms with E-state index >= 15 is 0 Å². The lowest BCUT2D eigenvalue weighted by atomic mass is 10.2. The zero-order chi connectivity index (χ0) is 11.5. The first-order valence-electron chi connectivity index (χ1n) is 5.76. The van der Waals surface area contributed by atoms with E-state index in [-0.39, 0.29) is 5.91 Å². The van der Waals surface area contributed by atoms with Crippen LogP contribution >= 0.6 is 0 Å². The van der Waals surface area contributed by atoms with E-state index in [9.17, 15) is 4.79 Å². The topological polar surface area (TPSA) is 50.2 Å². The van der Waals surface area contributed by atoms with Gasteiger partial charge in [-0.15, -0.1) is 0 Å². The van der Waals surface area contributed by atoms with Crippen molar-refractivity contribution in [1.82, 2.24) is 20.0 Å². The summed E-state index contributed by atoms with van der Waals surface area (Å²) in [5.41, 5.74) is 1.56. The molecular formula is C11H18N4O. The maximum absolute atomic E-state index is 12.2. The van der Waals surface area contributed by atoms with Crippen molar-refractivity contribution in [3.8, 4) is 0 Å². The minimum absolute atomic E-state index is 0.110. The second-order valence-corrected chi connectivity index (χ2v) is 4.03. The fourth-order valence-electron chi connectivity index (χ4n) is 1.93. The molecule has 0 radical (unpaired) electrons. The van der Waals surface area contributed by atoms with Gasteiger partial charge in [0.1, 0.15) is 0 Å². The van der Waals surface area contributed by atoms with Crippen LogP contribution in [-0.4, -0.2) is 46.8 Å². The van der Waals surface area contributed by atoms with Gasteiger partial charge in [-0.05, 0) is 13.8 Å². The maximum Gasteiger partial charge on any atom is 0.257 e. The number of nitrogens with zero attached hydrogens (tertiary/aromatic N) is 3. The molecule has 1 N–H and O–H groups in total. The van der Waals surface area contributed by atoms with Crippen LogP contribution in [0.1, 0.15) is 23.0 Å². The summed E-state index contributed by atoms with van der Waals surface area (Å²) >= 11 is 0. The minimum Gasteiger partial charge on any atom is -0.336 e. The van der Waals surface area contributed by atoms with Crippen LogP contribution in [0.2, 0.25) is 0 Å². The Balaban J connectivity index is 2.15. The molecule has 2 heterocycles. The first kappa shape index (κ1) is 11.1. The van der Waals surface area contributed by atoms with E-state index in [1.165, 1.54) is 0 Å². The average molecular weight is 222 g/mol. The summed E-state index contributed by atoms with van der Waals surface area (Å²) in [4.78, 5) is 14.1. The van der Waals surface area contributed by atoms with Gasteiger partial charge in [0, 0.05) is 38.9 Å². The van der Waals surface area contributed by atoms with Gasteiger partial charge in [0.15, 0.2) is 0 Å². The maximum atomic E-state index is 12.2. The predicted octanol–water partition coefficient (Wildman–Crippen LogP) is 0.257. The molecule has 5 heteroatoms. The molecular weight excluding hydrogens is 204 g/mol. The van der Waals surface area contributed by atoms with Gasteiger partial charge in [-0.2, -0.15) is 5.10 Å². The third kappa shape index (κ3) is 2.09. The Morgan fingerprint density at radius 3 is 2.75 bits per heavy atom. The summed E-state index contributed by atoms with van der Waals surface area (Å²) in [6.07, 6.45) is 1.85. The molecule has 2 rings (SSSR count). The zero-order valence-electron chi connectivity index (χ0n) is 9.86. The van der Waals surface area contributed by atoms with Crippen molar-refractivity contribution in [3.63, 3.8) is 0 Å². The predicted molar refractivity (Wildman–Crippen MR) is 61.4 cm³/mol. The van der Waals surface area contributed by atoms with E-state index in [1.807, 2.05) is 29.6 Å². The number of hydrogen-bond acceptors (Lipinski definition) is 3. The number of piperazine rings is 1. The van der Waals surface area contributed by atoms with Crippen LogP contribution in [-0.2, 0) is 6.54 Å². The average Bonchev–Trinajstić information content (AvgIpc) is 2.71. The zero-order valence-corrected chi connectivity index (χ0v) is 9.86. The van der Waals surface area contributed by atoms with Crippen molar-refractivity contribution in [3.05, 3.63) is 17.5 Å². The first-order chi connectivity index (χ1) is 7.72. The van der Waals surface area contributed by atoms with Crippen LogP contribution in [0.25, 0.3) is 0 Å². The SMILES string of the molecule is CCn1cc(C(=O)N2CCNCC2)c(C)n1. The Morgan fingerprint density at radius 1 is 1.50 bits per heavy atom. The Kier molecular flexibility index (Phi) is 3.24. The minimum atomic E-state index is 0.110. The number of nitrogens with one attached hydrogen (secondary N) is 1. The molecule has 1 saturated heterocycles. The highest BCUT2D eigenvalue weighted by Gasteiger charge is 2.21. The monoisotopic (exact) mass is 222 g/mol. The molecule has 5 nitrogen and oxygen atoms in total. The summed E-state index contributed by atoms with van der Waals surface area (Å²) in [6.45, 7) is 8.05. The third-order valence-electron chi connectivity index (χ3n) is 2.90.